The molecular formula is C26H15NS. The van der Waals surface area contributed by atoms with Crippen LogP contribution in [0.4, 0.5) is 0 Å². The summed E-state index contributed by atoms with van der Waals surface area (Å²) < 4.78 is 5.12. The minimum absolute atomic E-state index is 1.27. The molecule has 0 atom stereocenters. The fraction of sp³-hybridized carbons (Fsp3) is 0. The fourth-order valence-corrected chi connectivity index (χ4v) is 6.04. The maximum atomic E-state index is 2.38. The van der Waals surface area contributed by atoms with Crippen molar-refractivity contribution in [3.63, 3.8) is 0 Å². The Labute approximate surface area is 165 Å². The number of hydrogen-bond acceptors (Lipinski definition) is 1. The molecule has 0 aliphatic carbocycles. The highest BCUT2D eigenvalue weighted by Crippen LogP contribution is 2.43. The Kier molecular flexibility index (Phi) is 2.68. The standard InChI is InChI=1S/C26H15NS/c1-2-8-17-16(7-1)15-27-22-11-5-3-10-20(22)24-21(25(17)27)14-13-19-18-9-4-6-12-23(18)28-26(19)24/h1-15H. The molecule has 0 bridgehead atoms. The van der Waals surface area contributed by atoms with Gasteiger partial charge in [0, 0.05) is 53.3 Å². The summed E-state index contributed by atoms with van der Waals surface area (Å²) >= 11 is 1.91. The van der Waals surface area contributed by atoms with Crippen LogP contribution in [0, 0.1) is 0 Å². The van der Waals surface area contributed by atoms with Crippen LogP contribution in [0.1, 0.15) is 0 Å². The van der Waals surface area contributed by atoms with Crippen LogP contribution >= 0.6 is 11.3 Å². The van der Waals surface area contributed by atoms with E-state index in [1.54, 1.807) is 0 Å². The Morgan fingerprint density at radius 1 is 0.571 bits per heavy atom. The Morgan fingerprint density at radius 3 is 2.21 bits per heavy atom. The van der Waals surface area contributed by atoms with E-state index >= 15 is 0 Å². The summed E-state index contributed by atoms with van der Waals surface area (Å²) in [6.45, 7) is 0. The smallest absolute Gasteiger partial charge is 0.0614 e. The third-order valence-electron chi connectivity index (χ3n) is 5.96. The lowest BCUT2D eigenvalue weighted by molar-refractivity contribution is 1.30. The quantitative estimate of drug-likeness (QED) is 0.239. The highest BCUT2D eigenvalue weighted by atomic mass is 32.1. The second-order valence-corrected chi connectivity index (χ2v) is 8.47. The van der Waals surface area contributed by atoms with Gasteiger partial charge >= 0.3 is 0 Å². The third-order valence-corrected chi connectivity index (χ3v) is 7.16. The zero-order chi connectivity index (χ0) is 18.2. The van der Waals surface area contributed by atoms with Gasteiger partial charge in [0.25, 0.3) is 0 Å². The van der Waals surface area contributed by atoms with Gasteiger partial charge in [-0.3, -0.25) is 0 Å². The zero-order valence-corrected chi connectivity index (χ0v) is 15.8. The molecule has 0 spiro atoms. The monoisotopic (exact) mass is 373 g/mol. The maximum Gasteiger partial charge on any atom is 0.0614 e. The van der Waals surface area contributed by atoms with Crippen molar-refractivity contribution in [2.45, 2.75) is 0 Å². The van der Waals surface area contributed by atoms with E-state index in [1.165, 1.54) is 58.1 Å². The molecule has 0 saturated carbocycles. The maximum absolute atomic E-state index is 2.38. The molecule has 3 aromatic heterocycles. The van der Waals surface area contributed by atoms with Gasteiger partial charge in [0.1, 0.15) is 0 Å². The van der Waals surface area contributed by atoms with Crippen molar-refractivity contribution in [1.29, 1.82) is 0 Å². The number of aromatic nitrogens is 1. The second kappa shape index (κ2) is 5.12. The van der Waals surface area contributed by atoms with E-state index in [0.717, 1.165) is 0 Å². The molecule has 0 N–H and O–H groups in total. The van der Waals surface area contributed by atoms with Crippen molar-refractivity contribution < 1.29 is 0 Å². The minimum Gasteiger partial charge on any atom is -0.315 e. The highest BCUT2D eigenvalue weighted by molar-refractivity contribution is 7.26. The predicted molar refractivity (Wildman–Crippen MR) is 123 cm³/mol. The van der Waals surface area contributed by atoms with E-state index in [1.807, 2.05) is 11.3 Å². The summed E-state index contributed by atoms with van der Waals surface area (Å²) in [5, 5.41) is 9.36. The molecule has 1 nitrogen and oxygen atoms in total. The van der Waals surface area contributed by atoms with Gasteiger partial charge in [-0.2, -0.15) is 0 Å². The molecule has 0 radical (unpaired) electrons. The Bertz CT molecular complexity index is 1720. The third kappa shape index (κ3) is 1.71. The summed E-state index contributed by atoms with van der Waals surface area (Å²) in [5.74, 6) is 0. The first-order valence-electron chi connectivity index (χ1n) is 9.55. The molecule has 7 aromatic rings. The van der Waals surface area contributed by atoms with E-state index in [2.05, 4.69) is 95.5 Å². The molecule has 0 aliphatic rings. The Balaban J connectivity index is 1.88. The number of nitrogens with zero attached hydrogens (tertiary/aromatic N) is 1. The fourth-order valence-electron chi connectivity index (χ4n) is 4.77. The van der Waals surface area contributed by atoms with E-state index < -0.39 is 0 Å². The van der Waals surface area contributed by atoms with Crippen molar-refractivity contribution in [2.24, 2.45) is 0 Å². The molecule has 4 aromatic carbocycles. The molecule has 28 heavy (non-hydrogen) atoms. The van der Waals surface area contributed by atoms with Gasteiger partial charge in [-0.15, -0.1) is 11.3 Å². The summed E-state index contributed by atoms with van der Waals surface area (Å²) in [7, 11) is 0. The lowest BCUT2D eigenvalue weighted by Gasteiger charge is -2.10. The number of para-hydroxylation sites is 1. The van der Waals surface area contributed by atoms with Crippen LogP contribution in [0.15, 0.2) is 91.1 Å². The van der Waals surface area contributed by atoms with Gasteiger partial charge < -0.3 is 4.40 Å². The number of hydrogen-bond donors (Lipinski definition) is 0. The van der Waals surface area contributed by atoms with Gasteiger partial charge in [0.15, 0.2) is 0 Å². The summed E-state index contributed by atoms with van der Waals surface area (Å²) in [6.07, 6.45) is 2.28. The molecule has 0 amide bonds. The van der Waals surface area contributed by atoms with Crippen LogP contribution in [-0.2, 0) is 0 Å². The van der Waals surface area contributed by atoms with Crippen LogP contribution in [0.2, 0.25) is 0 Å². The van der Waals surface area contributed by atoms with Crippen molar-refractivity contribution in [3.8, 4) is 0 Å². The van der Waals surface area contributed by atoms with E-state index in [0.29, 0.717) is 0 Å². The summed E-state index contributed by atoms with van der Waals surface area (Å²) in [5.41, 5.74) is 2.58. The predicted octanol–water partition coefficient (Wildman–Crippen LogP) is 7.77. The molecule has 0 fully saturated rings. The van der Waals surface area contributed by atoms with E-state index in [-0.39, 0.29) is 0 Å². The van der Waals surface area contributed by atoms with Gasteiger partial charge in [0.05, 0.1) is 11.0 Å². The molecule has 2 heteroatoms. The molecule has 0 unspecified atom stereocenters. The summed E-state index contributed by atoms with van der Waals surface area (Å²) in [6, 6.07) is 30.9. The van der Waals surface area contributed by atoms with Crippen molar-refractivity contribution in [1.82, 2.24) is 4.40 Å². The molecule has 0 saturated heterocycles. The number of rotatable bonds is 0. The Morgan fingerprint density at radius 2 is 1.29 bits per heavy atom. The van der Waals surface area contributed by atoms with Crippen LogP contribution in [-0.4, -0.2) is 4.40 Å². The first-order valence-corrected chi connectivity index (χ1v) is 10.4. The van der Waals surface area contributed by atoms with Crippen molar-refractivity contribution in [3.05, 3.63) is 91.1 Å². The molecule has 3 heterocycles. The number of thiophene rings is 1. The van der Waals surface area contributed by atoms with Gasteiger partial charge in [-0.05, 0) is 12.1 Å². The number of fused-ring (bicyclic) bond motifs is 12. The van der Waals surface area contributed by atoms with Crippen molar-refractivity contribution in [2.75, 3.05) is 0 Å². The molecule has 130 valence electrons. The second-order valence-electron chi connectivity index (χ2n) is 7.42. The van der Waals surface area contributed by atoms with Crippen LogP contribution in [0.3, 0.4) is 0 Å². The number of pyridine rings is 1. The molecule has 7 rings (SSSR count). The SMILES string of the molecule is c1ccc2c(c1)cn1c3ccccc3c3c(ccc4c5ccccc5sc43)c21. The normalized spacial score (nSPS) is 12.3. The Hall–Kier alpha value is -3.36. The van der Waals surface area contributed by atoms with Crippen LogP contribution < -0.4 is 0 Å². The summed E-state index contributed by atoms with van der Waals surface area (Å²) in [4.78, 5) is 0. The zero-order valence-electron chi connectivity index (χ0n) is 15.0. The average molecular weight is 373 g/mol. The van der Waals surface area contributed by atoms with Crippen LogP contribution in [0.5, 0.6) is 0 Å². The van der Waals surface area contributed by atoms with Crippen molar-refractivity contribution >= 4 is 69.5 Å². The van der Waals surface area contributed by atoms with Crippen LogP contribution in [0.25, 0.3) is 58.1 Å². The van der Waals surface area contributed by atoms with Gasteiger partial charge in [-0.1, -0.05) is 72.8 Å². The van der Waals surface area contributed by atoms with E-state index in [9.17, 15) is 0 Å². The lowest BCUT2D eigenvalue weighted by Crippen LogP contribution is -1.89. The topological polar surface area (TPSA) is 4.41 Å². The highest BCUT2D eigenvalue weighted by Gasteiger charge is 2.16. The average Bonchev–Trinajstić information content (AvgIpc) is 3.32. The number of benzene rings is 4. The molecule has 0 aliphatic heterocycles. The van der Waals surface area contributed by atoms with Gasteiger partial charge in [-0.25, -0.2) is 0 Å². The molecular weight excluding hydrogens is 358 g/mol. The minimum atomic E-state index is 1.27. The van der Waals surface area contributed by atoms with E-state index in [4.69, 9.17) is 0 Å². The lowest BCUT2D eigenvalue weighted by atomic mass is 10.0. The van der Waals surface area contributed by atoms with Gasteiger partial charge in [0.2, 0.25) is 0 Å². The largest absolute Gasteiger partial charge is 0.315 e. The first-order chi connectivity index (χ1) is 13.9. The first kappa shape index (κ1) is 14.7.